The quantitative estimate of drug-likeness (QED) is 0.773. The van der Waals surface area contributed by atoms with Gasteiger partial charge in [-0.25, -0.2) is 4.79 Å². The summed E-state index contributed by atoms with van der Waals surface area (Å²) in [6.07, 6.45) is 7.15. The van der Waals surface area contributed by atoms with Crippen molar-refractivity contribution in [1.29, 1.82) is 0 Å². The van der Waals surface area contributed by atoms with Crippen LogP contribution < -0.4 is 5.32 Å². The van der Waals surface area contributed by atoms with Gasteiger partial charge in [0.15, 0.2) is 5.76 Å². The maximum absolute atomic E-state index is 12.5. The zero-order chi connectivity index (χ0) is 17.5. The minimum absolute atomic E-state index is 0.179. The molecule has 2 N–H and O–H groups in total. The molecule has 0 radical (unpaired) electrons. The van der Waals surface area contributed by atoms with Gasteiger partial charge in [0, 0.05) is 6.54 Å². The Morgan fingerprint density at radius 1 is 1.46 bits per heavy atom. The second-order valence-corrected chi connectivity index (χ2v) is 5.69. The first-order valence-corrected chi connectivity index (χ1v) is 8.03. The Bertz CT molecular complexity index is 609. The van der Waals surface area contributed by atoms with Crippen molar-refractivity contribution in [3.05, 3.63) is 36.3 Å². The number of carbonyl (C=O) groups is 3. The summed E-state index contributed by atoms with van der Waals surface area (Å²) in [5, 5.41) is 11.8. The lowest BCUT2D eigenvalue weighted by Gasteiger charge is -2.34. The Morgan fingerprint density at radius 2 is 2.25 bits per heavy atom. The third-order valence-electron chi connectivity index (χ3n) is 4.02. The molecule has 2 heterocycles. The fourth-order valence-corrected chi connectivity index (χ4v) is 2.75. The van der Waals surface area contributed by atoms with Gasteiger partial charge in [-0.3, -0.25) is 9.59 Å². The zero-order valence-electron chi connectivity index (χ0n) is 13.6. The zero-order valence-corrected chi connectivity index (χ0v) is 13.6. The van der Waals surface area contributed by atoms with Crippen LogP contribution in [0.4, 0.5) is 0 Å². The van der Waals surface area contributed by atoms with Crippen LogP contribution in [0, 0.1) is 0 Å². The minimum atomic E-state index is -1.10. The van der Waals surface area contributed by atoms with Gasteiger partial charge in [0.05, 0.1) is 6.26 Å². The highest BCUT2D eigenvalue weighted by Crippen LogP contribution is 2.20. The molecule has 1 fully saturated rings. The molecule has 1 aliphatic heterocycles. The number of nitrogens with one attached hydrogen (secondary N) is 1. The lowest BCUT2D eigenvalue weighted by atomic mass is 10.00. The standard InChI is InChI=1S/C17H22N2O5/c1-2-3-7-12(17(22)23)18-15(20)13-8-4-5-10-19(13)16(21)14-9-6-11-24-14/h2-3,6,9,11-13H,4-5,7-8,10H2,1H3,(H,18,20)(H,22,23)/b3-2+. The molecule has 7 heteroatoms. The minimum Gasteiger partial charge on any atom is -0.480 e. The first-order valence-electron chi connectivity index (χ1n) is 8.03. The molecule has 2 unspecified atom stereocenters. The molecule has 2 atom stereocenters. The molecular formula is C17H22N2O5. The molecule has 0 saturated carbocycles. The Labute approximate surface area is 140 Å². The summed E-state index contributed by atoms with van der Waals surface area (Å²) in [6, 6.07) is 1.49. The van der Waals surface area contributed by atoms with Crippen LogP contribution >= 0.6 is 0 Å². The van der Waals surface area contributed by atoms with E-state index in [1.54, 1.807) is 31.2 Å². The molecule has 0 aliphatic carbocycles. The van der Waals surface area contributed by atoms with Crippen molar-refractivity contribution in [3.8, 4) is 0 Å². The van der Waals surface area contributed by atoms with E-state index in [1.807, 2.05) is 0 Å². The first-order chi connectivity index (χ1) is 11.5. The number of furan rings is 1. The van der Waals surface area contributed by atoms with Crippen LogP contribution in [0.1, 0.15) is 43.2 Å². The fourth-order valence-electron chi connectivity index (χ4n) is 2.75. The number of carboxylic acids is 1. The maximum Gasteiger partial charge on any atom is 0.326 e. The average molecular weight is 334 g/mol. The summed E-state index contributed by atoms with van der Waals surface area (Å²) in [6.45, 7) is 2.23. The van der Waals surface area contributed by atoms with Crippen LogP contribution in [-0.2, 0) is 9.59 Å². The van der Waals surface area contributed by atoms with E-state index in [2.05, 4.69) is 5.32 Å². The maximum atomic E-state index is 12.5. The molecule has 0 bridgehead atoms. The molecule has 130 valence electrons. The molecule has 2 rings (SSSR count). The monoisotopic (exact) mass is 334 g/mol. The van der Waals surface area contributed by atoms with Crippen molar-refractivity contribution >= 4 is 17.8 Å². The third-order valence-corrected chi connectivity index (χ3v) is 4.02. The predicted molar refractivity (Wildman–Crippen MR) is 86.4 cm³/mol. The van der Waals surface area contributed by atoms with Gasteiger partial charge in [-0.2, -0.15) is 0 Å². The lowest BCUT2D eigenvalue weighted by molar-refractivity contribution is -0.142. The van der Waals surface area contributed by atoms with Gasteiger partial charge in [-0.15, -0.1) is 0 Å². The summed E-state index contributed by atoms with van der Waals surface area (Å²) < 4.78 is 5.12. The van der Waals surface area contributed by atoms with E-state index in [9.17, 15) is 19.5 Å². The van der Waals surface area contributed by atoms with Gasteiger partial charge in [0.1, 0.15) is 12.1 Å². The van der Waals surface area contributed by atoms with Gasteiger partial charge in [-0.05, 0) is 44.7 Å². The Kier molecular flexibility index (Phi) is 6.17. The molecule has 0 aromatic carbocycles. The van der Waals surface area contributed by atoms with Crippen LogP contribution in [0.15, 0.2) is 35.0 Å². The molecule has 1 saturated heterocycles. The van der Waals surface area contributed by atoms with Crippen LogP contribution in [0.25, 0.3) is 0 Å². The van der Waals surface area contributed by atoms with E-state index < -0.39 is 24.0 Å². The second-order valence-electron chi connectivity index (χ2n) is 5.69. The molecule has 7 nitrogen and oxygen atoms in total. The number of amides is 2. The number of piperidine rings is 1. The summed E-state index contributed by atoms with van der Waals surface area (Å²) in [5.74, 6) is -1.70. The number of rotatable bonds is 6. The normalized spacial score (nSPS) is 19.2. The first kappa shape index (κ1) is 17.8. The Hall–Kier alpha value is -2.57. The molecule has 0 spiro atoms. The van der Waals surface area contributed by atoms with E-state index in [1.165, 1.54) is 11.2 Å². The molecule has 1 aromatic rings. The van der Waals surface area contributed by atoms with Crippen molar-refractivity contribution in [2.75, 3.05) is 6.54 Å². The van der Waals surface area contributed by atoms with Gasteiger partial charge in [0.2, 0.25) is 5.91 Å². The highest BCUT2D eigenvalue weighted by molar-refractivity contribution is 5.96. The Balaban J connectivity index is 2.09. The van der Waals surface area contributed by atoms with E-state index in [4.69, 9.17) is 4.42 Å². The van der Waals surface area contributed by atoms with Crippen LogP contribution in [-0.4, -0.2) is 46.4 Å². The number of aliphatic carboxylic acids is 1. The second kappa shape index (κ2) is 8.33. The van der Waals surface area contributed by atoms with Crippen molar-refractivity contribution in [1.82, 2.24) is 10.2 Å². The summed E-state index contributed by atoms with van der Waals surface area (Å²) in [4.78, 5) is 37.8. The predicted octanol–water partition coefficient (Wildman–Crippen LogP) is 1.81. The van der Waals surface area contributed by atoms with E-state index >= 15 is 0 Å². The van der Waals surface area contributed by atoms with Crippen molar-refractivity contribution < 1.29 is 23.9 Å². The molecule has 1 aromatic heterocycles. The number of nitrogens with zero attached hydrogens (tertiary/aromatic N) is 1. The molecule has 1 aliphatic rings. The number of allylic oxidation sites excluding steroid dienone is 1. The molecule has 24 heavy (non-hydrogen) atoms. The summed E-state index contributed by atoms with van der Waals surface area (Å²) in [5.41, 5.74) is 0. The highest BCUT2D eigenvalue weighted by Gasteiger charge is 2.35. The number of hydrogen-bond acceptors (Lipinski definition) is 4. The topological polar surface area (TPSA) is 99.9 Å². The molecule has 2 amide bonds. The van der Waals surface area contributed by atoms with Gasteiger partial charge >= 0.3 is 5.97 Å². The van der Waals surface area contributed by atoms with Gasteiger partial charge < -0.3 is 19.7 Å². The van der Waals surface area contributed by atoms with Crippen molar-refractivity contribution in [2.24, 2.45) is 0 Å². The number of carboxylic acid groups (broad SMARTS) is 1. The third kappa shape index (κ3) is 4.24. The Morgan fingerprint density at radius 3 is 2.88 bits per heavy atom. The highest BCUT2D eigenvalue weighted by atomic mass is 16.4. The smallest absolute Gasteiger partial charge is 0.326 e. The number of hydrogen-bond donors (Lipinski definition) is 2. The van der Waals surface area contributed by atoms with Crippen LogP contribution in [0.3, 0.4) is 0 Å². The van der Waals surface area contributed by atoms with E-state index in [0.29, 0.717) is 13.0 Å². The summed E-state index contributed by atoms with van der Waals surface area (Å²) >= 11 is 0. The summed E-state index contributed by atoms with van der Waals surface area (Å²) in [7, 11) is 0. The van der Waals surface area contributed by atoms with Gasteiger partial charge in [0.25, 0.3) is 5.91 Å². The van der Waals surface area contributed by atoms with E-state index in [0.717, 1.165) is 12.8 Å². The van der Waals surface area contributed by atoms with Crippen LogP contribution in [0.5, 0.6) is 0 Å². The van der Waals surface area contributed by atoms with Crippen molar-refractivity contribution in [2.45, 2.75) is 44.7 Å². The molecular weight excluding hydrogens is 312 g/mol. The average Bonchev–Trinajstić information content (AvgIpc) is 3.12. The number of likely N-dealkylation sites (tertiary alicyclic amines) is 1. The van der Waals surface area contributed by atoms with Crippen LogP contribution in [0.2, 0.25) is 0 Å². The SMILES string of the molecule is C/C=C/CC(NC(=O)C1CCCCN1C(=O)c1ccco1)C(=O)O. The largest absolute Gasteiger partial charge is 0.480 e. The number of carbonyl (C=O) groups excluding carboxylic acids is 2. The van der Waals surface area contributed by atoms with Gasteiger partial charge in [-0.1, -0.05) is 12.2 Å². The van der Waals surface area contributed by atoms with Crippen molar-refractivity contribution in [3.63, 3.8) is 0 Å². The van der Waals surface area contributed by atoms with E-state index in [-0.39, 0.29) is 18.1 Å². The lowest BCUT2D eigenvalue weighted by Crippen LogP contribution is -2.54. The fraction of sp³-hybridized carbons (Fsp3) is 0.471.